The Labute approximate surface area is 97.8 Å². The Balaban J connectivity index is 1.49. The molecule has 0 bridgehead atoms. The SMILES string of the molecule is O=C(O[C@@H]1C[C@@H]2C[C@@H]2C1)ON1C(=O)CCC1=O. The molecule has 3 fully saturated rings. The Morgan fingerprint density at radius 2 is 1.65 bits per heavy atom. The number of hydrogen-bond donors (Lipinski definition) is 0. The van der Waals surface area contributed by atoms with Crippen LogP contribution < -0.4 is 0 Å². The zero-order valence-electron chi connectivity index (χ0n) is 9.26. The molecule has 3 aliphatic rings. The summed E-state index contributed by atoms with van der Waals surface area (Å²) in [5.41, 5.74) is 0. The molecule has 0 unspecified atom stereocenters. The third kappa shape index (κ3) is 1.99. The molecule has 2 saturated carbocycles. The van der Waals surface area contributed by atoms with Gasteiger partial charge in [-0.2, -0.15) is 0 Å². The molecule has 6 nitrogen and oxygen atoms in total. The van der Waals surface area contributed by atoms with Gasteiger partial charge in [-0.05, 0) is 31.1 Å². The van der Waals surface area contributed by atoms with Crippen molar-refractivity contribution in [3.63, 3.8) is 0 Å². The van der Waals surface area contributed by atoms with Crippen LogP contribution in [0.2, 0.25) is 0 Å². The Bertz CT molecular complexity index is 367. The predicted molar refractivity (Wildman–Crippen MR) is 53.3 cm³/mol. The topological polar surface area (TPSA) is 72.9 Å². The van der Waals surface area contributed by atoms with E-state index in [1.165, 1.54) is 6.42 Å². The zero-order valence-corrected chi connectivity index (χ0v) is 9.26. The van der Waals surface area contributed by atoms with Crippen LogP contribution in [0.25, 0.3) is 0 Å². The lowest BCUT2D eigenvalue weighted by Crippen LogP contribution is -2.33. The van der Waals surface area contributed by atoms with Crippen LogP contribution in [-0.4, -0.2) is 29.1 Å². The third-order valence-electron chi connectivity index (χ3n) is 3.63. The summed E-state index contributed by atoms with van der Waals surface area (Å²) in [5, 5.41) is 0.512. The second-order valence-electron chi connectivity index (χ2n) is 4.89. The summed E-state index contributed by atoms with van der Waals surface area (Å²) < 4.78 is 5.06. The Hall–Kier alpha value is -1.59. The quantitative estimate of drug-likeness (QED) is 0.531. The molecule has 3 atom stereocenters. The second kappa shape index (κ2) is 3.72. The van der Waals surface area contributed by atoms with E-state index in [0.29, 0.717) is 16.9 Å². The summed E-state index contributed by atoms with van der Waals surface area (Å²) in [7, 11) is 0. The number of fused-ring (bicyclic) bond motifs is 1. The molecule has 0 N–H and O–H groups in total. The number of nitrogens with zero attached hydrogens (tertiary/aromatic N) is 1. The molecule has 2 amide bonds. The molecule has 1 saturated heterocycles. The summed E-state index contributed by atoms with van der Waals surface area (Å²) >= 11 is 0. The maximum atomic E-state index is 11.4. The van der Waals surface area contributed by atoms with Gasteiger partial charge in [0.2, 0.25) is 0 Å². The molecule has 0 aromatic carbocycles. The van der Waals surface area contributed by atoms with Gasteiger partial charge in [0, 0.05) is 12.8 Å². The van der Waals surface area contributed by atoms with Crippen LogP contribution in [0.1, 0.15) is 32.1 Å². The molecule has 0 aromatic rings. The van der Waals surface area contributed by atoms with Crippen LogP contribution in [0.3, 0.4) is 0 Å². The van der Waals surface area contributed by atoms with Crippen molar-refractivity contribution < 1.29 is 24.0 Å². The molecule has 0 radical (unpaired) electrons. The highest BCUT2D eigenvalue weighted by Crippen LogP contribution is 2.52. The fraction of sp³-hybridized carbons (Fsp3) is 0.727. The van der Waals surface area contributed by atoms with E-state index >= 15 is 0 Å². The molecule has 1 aliphatic heterocycles. The number of amides is 2. The number of ether oxygens (including phenoxy) is 1. The summed E-state index contributed by atoms with van der Waals surface area (Å²) in [5.74, 6) is 0.424. The van der Waals surface area contributed by atoms with Crippen LogP contribution >= 0.6 is 0 Å². The average Bonchev–Trinajstić information content (AvgIpc) is 2.78. The minimum absolute atomic E-state index is 0.0969. The molecule has 17 heavy (non-hydrogen) atoms. The summed E-state index contributed by atoms with van der Waals surface area (Å²) in [4.78, 5) is 38.4. The van der Waals surface area contributed by atoms with Crippen molar-refractivity contribution in [2.45, 2.75) is 38.2 Å². The van der Waals surface area contributed by atoms with Gasteiger partial charge in [0.05, 0.1) is 0 Å². The Kier molecular flexibility index (Phi) is 2.31. The molecule has 0 spiro atoms. The molecule has 3 rings (SSSR count). The lowest BCUT2D eigenvalue weighted by atomic mass is 10.2. The molecular formula is C11H13NO5. The van der Waals surface area contributed by atoms with E-state index in [4.69, 9.17) is 4.74 Å². The van der Waals surface area contributed by atoms with Crippen molar-refractivity contribution in [1.29, 1.82) is 0 Å². The molecule has 6 heteroatoms. The van der Waals surface area contributed by atoms with Gasteiger partial charge >= 0.3 is 6.16 Å². The van der Waals surface area contributed by atoms with E-state index in [0.717, 1.165) is 12.8 Å². The minimum atomic E-state index is -0.945. The predicted octanol–water partition coefficient (Wildman–Crippen LogP) is 1.00. The first kappa shape index (κ1) is 10.6. The molecule has 0 aromatic heterocycles. The highest BCUT2D eigenvalue weighted by atomic mass is 16.8. The standard InChI is InChI=1S/C11H13NO5/c13-9-1-2-10(14)12(9)17-11(15)16-8-4-6-3-7(6)5-8/h6-8H,1-5H2/t6-,7+,8+. The highest BCUT2D eigenvalue weighted by molar-refractivity contribution is 6.01. The zero-order chi connectivity index (χ0) is 12.0. The van der Waals surface area contributed by atoms with Gasteiger partial charge in [0.1, 0.15) is 6.10 Å². The largest absolute Gasteiger partial charge is 0.534 e. The van der Waals surface area contributed by atoms with Gasteiger partial charge in [-0.15, -0.1) is 0 Å². The Morgan fingerprint density at radius 3 is 2.24 bits per heavy atom. The van der Waals surface area contributed by atoms with Crippen LogP contribution in [0.5, 0.6) is 0 Å². The van der Waals surface area contributed by atoms with Gasteiger partial charge < -0.3 is 4.74 Å². The second-order valence-corrected chi connectivity index (χ2v) is 4.89. The average molecular weight is 239 g/mol. The lowest BCUT2D eigenvalue weighted by molar-refractivity contribution is -0.178. The molecular weight excluding hydrogens is 226 g/mol. The van der Waals surface area contributed by atoms with Crippen molar-refractivity contribution in [3.8, 4) is 0 Å². The monoisotopic (exact) mass is 239 g/mol. The first-order valence-corrected chi connectivity index (χ1v) is 5.88. The van der Waals surface area contributed by atoms with Gasteiger partial charge in [-0.25, -0.2) is 4.79 Å². The van der Waals surface area contributed by atoms with Gasteiger partial charge in [0.15, 0.2) is 0 Å². The maximum absolute atomic E-state index is 11.4. The summed E-state index contributed by atoms with van der Waals surface area (Å²) in [6.07, 6.45) is 2.12. The van der Waals surface area contributed by atoms with Gasteiger partial charge in [-0.1, -0.05) is 5.06 Å². The fourth-order valence-corrected chi connectivity index (χ4v) is 2.65. The number of hydroxylamine groups is 2. The number of hydrogen-bond acceptors (Lipinski definition) is 5. The van der Waals surface area contributed by atoms with E-state index < -0.39 is 18.0 Å². The molecule has 1 heterocycles. The van der Waals surface area contributed by atoms with Crippen LogP contribution in [0, 0.1) is 11.8 Å². The van der Waals surface area contributed by atoms with Gasteiger partial charge in [-0.3, -0.25) is 14.4 Å². The van der Waals surface area contributed by atoms with Crippen molar-refractivity contribution in [3.05, 3.63) is 0 Å². The lowest BCUT2D eigenvalue weighted by Gasteiger charge is -2.16. The number of carbonyl (C=O) groups is 3. The minimum Gasteiger partial charge on any atom is -0.429 e. The van der Waals surface area contributed by atoms with E-state index in [9.17, 15) is 14.4 Å². The van der Waals surface area contributed by atoms with Gasteiger partial charge in [0.25, 0.3) is 11.8 Å². The van der Waals surface area contributed by atoms with Crippen molar-refractivity contribution in [1.82, 2.24) is 5.06 Å². The van der Waals surface area contributed by atoms with E-state index in [1.807, 2.05) is 0 Å². The summed E-state index contributed by atoms with van der Waals surface area (Å²) in [6.45, 7) is 0. The molecule has 92 valence electrons. The normalized spacial score (nSPS) is 34.8. The maximum Gasteiger partial charge on any atom is 0.534 e. The summed E-state index contributed by atoms with van der Waals surface area (Å²) in [6, 6.07) is 0. The van der Waals surface area contributed by atoms with Crippen molar-refractivity contribution in [2.24, 2.45) is 11.8 Å². The smallest absolute Gasteiger partial charge is 0.429 e. The third-order valence-corrected chi connectivity index (χ3v) is 3.63. The fourth-order valence-electron chi connectivity index (χ4n) is 2.65. The van der Waals surface area contributed by atoms with E-state index in [1.54, 1.807) is 0 Å². The van der Waals surface area contributed by atoms with Crippen LogP contribution in [0.15, 0.2) is 0 Å². The number of imide groups is 1. The van der Waals surface area contributed by atoms with Crippen LogP contribution in [-0.2, 0) is 19.2 Å². The number of rotatable bonds is 2. The first-order chi connectivity index (χ1) is 8.13. The van der Waals surface area contributed by atoms with E-state index in [-0.39, 0.29) is 18.9 Å². The number of carbonyl (C=O) groups excluding carboxylic acids is 3. The van der Waals surface area contributed by atoms with Crippen molar-refractivity contribution in [2.75, 3.05) is 0 Å². The highest BCUT2D eigenvalue weighted by Gasteiger charge is 2.47. The molecule has 2 aliphatic carbocycles. The van der Waals surface area contributed by atoms with E-state index in [2.05, 4.69) is 4.84 Å². The van der Waals surface area contributed by atoms with Crippen molar-refractivity contribution >= 4 is 18.0 Å². The first-order valence-electron chi connectivity index (χ1n) is 5.88. The Morgan fingerprint density at radius 1 is 1.06 bits per heavy atom. The van der Waals surface area contributed by atoms with Crippen LogP contribution in [0.4, 0.5) is 4.79 Å².